The first-order valence-electron chi connectivity index (χ1n) is 5.38. The number of hydrogen-bond acceptors (Lipinski definition) is 2. The molecule has 1 aromatic carbocycles. The molecule has 0 bridgehead atoms. The maximum Gasteiger partial charge on any atom is 0.119 e. The summed E-state index contributed by atoms with van der Waals surface area (Å²) in [5, 5.41) is 3.38. The van der Waals surface area contributed by atoms with Crippen LogP contribution in [0.2, 0.25) is 0 Å². The summed E-state index contributed by atoms with van der Waals surface area (Å²) in [5.41, 5.74) is 0.866. The van der Waals surface area contributed by atoms with Crippen molar-refractivity contribution < 1.29 is 4.74 Å². The molecule has 1 rings (SSSR count). The molecule has 0 heterocycles. The predicted molar refractivity (Wildman–Crippen MR) is 67.5 cm³/mol. The van der Waals surface area contributed by atoms with E-state index in [1.165, 1.54) is 5.56 Å². The number of ether oxygens (including phenoxy) is 1. The third-order valence-corrected chi connectivity index (χ3v) is 2.53. The van der Waals surface area contributed by atoms with Crippen molar-refractivity contribution in [1.29, 1.82) is 0 Å². The van der Waals surface area contributed by atoms with Crippen LogP contribution in [0.25, 0.3) is 0 Å². The zero-order valence-corrected chi connectivity index (χ0v) is 10.4. The van der Waals surface area contributed by atoms with E-state index in [2.05, 4.69) is 24.2 Å². The molecule has 0 amide bonds. The number of rotatable bonds is 4. The Kier molecular flexibility index (Phi) is 3.98. The van der Waals surface area contributed by atoms with Crippen LogP contribution >= 0.6 is 0 Å². The van der Waals surface area contributed by atoms with E-state index in [4.69, 9.17) is 11.2 Å². The molecular weight excluding hydrogens is 198 g/mol. The molecule has 0 spiro atoms. The van der Waals surface area contributed by atoms with Crippen LogP contribution < -0.4 is 10.1 Å². The minimum Gasteiger partial charge on any atom is -0.497 e. The van der Waals surface area contributed by atoms with Crippen LogP contribution in [0, 0.1) is 12.3 Å². The molecule has 0 aromatic heterocycles. The van der Waals surface area contributed by atoms with Crippen molar-refractivity contribution in [2.75, 3.05) is 7.11 Å². The van der Waals surface area contributed by atoms with Crippen LogP contribution in [0.1, 0.15) is 32.4 Å². The first-order valence-corrected chi connectivity index (χ1v) is 5.38. The van der Waals surface area contributed by atoms with E-state index >= 15 is 0 Å². The third-order valence-electron chi connectivity index (χ3n) is 2.53. The molecule has 1 unspecified atom stereocenters. The Hall–Kier alpha value is -1.46. The van der Waals surface area contributed by atoms with Gasteiger partial charge in [-0.25, -0.2) is 0 Å². The van der Waals surface area contributed by atoms with Gasteiger partial charge in [-0.1, -0.05) is 18.1 Å². The quantitative estimate of drug-likeness (QED) is 0.783. The molecule has 1 aromatic rings. The zero-order chi connectivity index (χ0) is 12.2. The highest BCUT2D eigenvalue weighted by Gasteiger charge is 2.17. The summed E-state index contributed by atoms with van der Waals surface area (Å²) in [5.74, 6) is 3.59. The molecule has 16 heavy (non-hydrogen) atoms. The summed E-state index contributed by atoms with van der Waals surface area (Å²) in [4.78, 5) is 0. The molecule has 0 aliphatic heterocycles. The van der Waals surface area contributed by atoms with Crippen molar-refractivity contribution in [3.8, 4) is 18.1 Å². The van der Waals surface area contributed by atoms with Crippen molar-refractivity contribution in [3.63, 3.8) is 0 Å². The van der Waals surface area contributed by atoms with Crippen molar-refractivity contribution in [3.05, 3.63) is 29.8 Å². The molecule has 2 nitrogen and oxygen atoms in total. The second kappa shape index (κ2) is 5.05. The topological polar surface area (TPSA) is 21.3 Å². The van der Waals surface area contributed by atoms with E-state index < -0.39 is 0 Å². The first-order chi connectivity index (χ1) is 7.48. The van der Waals surface area contributed by atoms with Crippen molar-refractivity contribution in [2.45, 2.75) is 32.4 Å². The fourth-order valence-corrected chi connectivity index (χ4v) is 1.58. The molecule has 1 atom stereocenters. The van der Waals surface area contributed by atoms with Crippen LogP contribution in [-0.4, -0.2) is 12.6 Å². The number of methoxy groups -OCH3 is 1. The molecule has 2 heteroatoms. The van der Waals surface area contributed by atoms with Gasteiger partial charge in [-0.3, -0.25) is 5.32 Å². The van der Waals surface area contributed by atoms with Crippen LogP contribution in [-0.2, 0) is 0 Å². The Morgan fingerprint density at radius 1 is 1.44 bits per heavy atom. The third kappa shape index (κ3) is 3.29. The lowest BCUT2D eigenvalue weighted by atomic mass is 10.0. The van der Waals surface area contributed by atoms with Gasteiger partial charge in [-0.05, 0) is 38.5 Å². The van der Waals surface area contributed by atoms with E-state index in [9.17, 15) is 0 Å². The van der Waals surface area contributed by atoms with Gasteiger partial charge in [-0.2, -0.15) is 0 Å². The van der Waals surface area contributed by atoms with Gasteiger partial charge in [0.25, 0.3) is 0 Å². The van der Waals surface area contributed by atoms with Crippen molar-refractivity contribution >= 4 is 0 Å². The summed E-state index contributed by atoms with van der Waals surface area (Å²) in [6.07, 6.45) is 5.45. The summed E-state index contributed by atoms with van der Waals surface area (Å²) >= 11 is 0. The fraction of sp³-hybridized carbons (Fsp3) is 0.429. The summed E-state index contributed by atoms with van der Waals surface area (Å²) in [7, 11) is 1.67. The molecule has 0 radical (unpaired) electrons. The normalized spacial score (nSPS) is 12.9. The van der Waals surface area contributed by atoms with E-state index in [0.29, 0.717) is 0 Å². The van der Waals surface area contributed by atoms with Crippen LogP contribution in [0.4, 0.5) is 0 Å². The lowest BCUT2D eigenvalue weighted by molar-refractivity contribution is 0.408. The average molecular weight is 217 g/mol. The molecule has 0 aliphatic rings. The lowest BCUT2D eigenvalue weighted by Crippen LogP contribution is -2.39. The summed E-state index contributed by atoms with van der Waals surface area (Å²) < 4.78 is 5.19. The van der Waals surface area contributed by atoms with Gasteiger partial charge in [0.15, 0.2) is 0 Å². The summed E-state index contributed by atoms with van der Waals surface area (Å²) in [6, 6.07) is 8.19. The molecule has 0 saturated heterocycles. The van der Waals surface area contributed by atoms with E-state index in [0.717, 1.165) is 5.75 Å². The average Bonchev–Trinajstić information content (AvgIpc) is 2.28. The number of benzene rings is 1. The van der Waals surface area contributed by atoms with Gasteiger partial charge in [0.05, 0.1) is 12.6 Å². The maximum absolute atomic E-state index is 5.45. The monoisotopic (exact) mass is 217 g/mol. The van der Waals surface area contributed by atoms with E-state index in [1.54, 1.807) is 7.11 Å². The minimum atomic E-state index is -0.303. The van der Waals surface area contributed by atoms with Gasteiger partial charge in [-0.15, -0.1) is 6.42 Å². The Balaban J connectivity index is 2.81. The fourth-order valence-electron chi connectivity index (χ4n) is 1.58. The molecule has 0 aliphatic carbocycles. The maximum atomic E-state index is 5.45. The molecule has 86 valence electrons. The van der Waals surface area contributed by atoms with Crippen LogP contribution in [0.15, 0.2) is 24.3 Å². The van der Waals surface area contributed by atoms with Crippen molar-refractivity contribution in [1.82, 2.24) is 5.32 Å². The second-order valence-corrected chi connectivity index (χ2v) is 4.41. The van der Waals surface area contributed by atoms with Gasteiger partial charge < -0.3 is 4.74 Å². The number of terminal acetylenes is 1. The van der Waals surface area contributed by atoms with E-state index in [1.807, 2.05) is 32.0 Å². The van der Waals surface area contributed by atoms with Crippen LogP contribution in [0.5, 0.6) is 5.75 Å². The van der Waals surface area contributed by atoms with Gasteiger partial charge in [0, 0.05) is 6.04 Å². The predicted octanol–water partition coefficient (Wildman–Crippen LogP) is 2.76. The summed E-state index contributed by atoms with van der Waals surface area (Å²) in [6.45, 7) is 6.07. The number of nitrogens with one attached hydrogen (secondary N) is 1. The first kappa shape index (κ1) is 12.6. The van der Waals surface area contributed by atoms with E-state index in [-0.39, 0.29) is 11.6 Å². The van der Waals surface area contributed by atoms with Crippen LogP contribution in [0.3, 0.4) is 0 Å². The highest BCUT2D eigenvalue weighted by Crippen LogP contribution is 2.20. The second-order valence-electron chi connectivity index (χ2n) is 4.41. The smallest absolute Gasteiger partial charge is 0.119 e. The number of hydrogen-bond donors (Lipinski definition) is 1. The standard InChI is InChI=1S/C14H19NO/c1-6-14(3,4)15-11(2)12-8-7-9-13(10-12)16-5/h1,7-11,15H,2-5H3. The molecular formula is C14H19NO. The van der Waals surface area contributed by atoms with Crippen molar-refractivity contribution in [2.24, 2.45) is 0 Å². The highest BCUT2D eigenvalue weighted by atomic mass is 16.5. The van der Waals surface area contributed by atoms with Gasteiger partial charge in [0.2, 0.25) is 0 Å². The Labute approximate surface area is 98.0 Å². The molecule has 0 saturated carbocycles. The largest absolute Gasteiger partial charge is 0.497 e. The highest BCUT2D eigenvalue weighted by molar-refractivity contribution is 5.30. The molecule has 1 N–H and O–H groups in total. The lowest BCUT2D eigenvalue weighted by Gasteiger charge is -2.25. The zero-order valence-electron chi connectivity index (χ0n) is 10.4. The Morgan fingerprint density at radius 2 is 2.12 bits per heavy atom. The minimum absolute atomic E-state index is 0.196. The Morgan fingerprint density at radius 3 is 2.69 bits per heavy atom. The SMILES string of the molecule is C#CC(C)(C)NC(C)c1cccc(OC)c1. The van der Waals surface area contributed by atoms with Gasteiger partial charge >= 0.3 is 0 Å². The Bertz CT molecular complexity index is 390. The molecule has 0 fully saturated rings. The van der Waals surface area contributed by atoms with Gasteiger partial charge in [0.1, 0.15) is 5.75 Å².